The van der Waals surface area contributed by atoms with E-state index < -0.39 is 0 Å². The van der Waals surface area contributed by atoms with Gasteiger partial charge in [-0.2, -0.15) is 4.98 Å². The fourth-order valence-electron chi connectivity index (χ4n) is 2.64. The van der Waals surface area contributed by atoms with Crippen LogP contribution in [0, 0.1) is 0 Å². The van der Waals surface area contributed by atoms with E-state index in [-0.39, 0.29) is 6.10 Å². The Balaban J connectivity index is 2.00. The van der Waals surface area contributed by atoms with Crippen LogP contribution in [0.25, 0.3) is 0 Å². The summed E-state index contributed by atoms with van der Waals surface area (Å²) in [6.07, 6.45) is -0.193. The number of ether oxygens (including phenoxy) is 2. The van der Waals surface area contributed by atoms with E-state index in [1.165, 1.54) is 5.56 Å². The summed E-state index contributed by atoms with van der Waals surface area (Å²) >= 11 is 0. The molecular formula is C20H31N5O3. The van der Waals surface area contributed by atoms with Gasteiger partial charge in [0, 0.05) is 26.7 Å². The van der Waals surface area contributed by atoms with Gasteiger partial charge in [-0.3, -0.25) is 0 Å². The van der Waals surface area contributed by atoms with Crippen molar-refractivity contribution in [3.63, 3.8) is 0 Å². The van der Waals surface area contributed by atoms with E-state index in [1.54, 1.807) is 0 Å². The summed E-state index contributed by atoms with van der Waals surface area (Å²) in [4.78, 5) is 11.0. The van der Waals surface area contributed by atoms with Crippen molar-refractivity contribution >= 4 is 5.96 Å². The van der Waals surface area contributed by atoms with Gasteiger partial charge in [0.2, 0.25) is 5.89 Å². The van der Waals surface area contributed by atoms with E-state index in [0.717, 1.165) is 18.3 Å². The molecule has 1 aromatic carbocycles. The molecule has 0 aliphatic carbocycles. The highest BCUT2D eigenvalue weighted by Crippen LogP contribution is 2.14. The van der Waals surface area contributed by atoms with E-state index in [0.29, 0.717) is 38.0 Å². The van der Waals surface area contributed by atoms with Gasteiger partial charge < -0.3 is 24.2 Å². The van der Waals surface area contributed by atoms with Crippen LogP contribution in [0.15, 0.2) is 33.8 Å². The van der Waals surface area contributed by atoms with Gasteiger partial charge >= 0.3 is 0 Å². The molecule has 0 saturated carbocycles. The lowest BCUT2D eigenvalue weighted by atomic mass is 10.2. The molecule has 1 N–H and O–H groups in total. The van der Waals surface area contributed by atoms with Crippen LogP contribution in [0.5, 0.6) is 5.75 Å². The first-order valence-corrected chi connectivity index (χ1v) is 9.72. The SMILES string of the molecule is CCNC(=NCc1nc(C(C)OCC)no1)N(C)Cc1ccc(OCC)cc1. The van der Waals surface area contributed by atoms with Crippen molar-refractivity contribution in [1.82, 2.24) is 20.4 Å². The zero-order chi connectivity index (χ0) is 20.4. The van der Waals surface area contributed by atoms with Crippen LogP contribution in [0.2, 0.25) is 0 Å². The van der Waals surface area contributed by atoms with E-state index in [9.17, 15) is 0 Å². The van der Waals surface area contributed by atoms with E-state index >= 15 is 0 Å². The van der Waals surface area contributed by atoms with Crippen LogP contribution in [0.1, 0.15) is 51.1 Å². The Kier molecular flexibility index (Phi) is 8.74. The first-order chi connectivity index (χ1) is 13.6. The van der Waals surface area contributed by atoms with Gasteiger partial charge in [0.15, 0.2) is 11.8 Å². The maximum atomic E-state index is 5.49. The van der Waals surface area contributed by atoms with E-state index in [4.69, 9.17) is 14.0 Å². The summed E-state index contributed by atoms with van der Waals surface area (Å²) in [7, 11) is 1.99. The molecule has 0 amide bonds. The van der Waals surface area contributed by atoms with Crippen LogP contribution < -0.4 is 10.1 Å². The van der Waals surface area contributed by atoms with E-state index in [1.807, 2.05) is 46.9 Å². The largest absolute Gasteiger partial charge is 0.494 e. The van der Waals surface area contributed by atoms with Crippen LogP contribution in [-0.2, 0) is 17.8 Å². The average Bonchev–Trinajstić information content (AvgIpc) is 3.16. The van der Waals surface area contributed by atoms with Crippen LogP contribution in [-0.4, -0.2) is 47.8 Å². The number of aliphatic imine (C=N–C) groups is 1. The number of rotatable bonds is 10. The molecule has 0 spiro atoms. The van der Waals surface area contributed by atoms with Gasteiger partial charge in [0.1, 0.15) is 18.4 Å². The summed E-state index contributed by atoms with van der Waals surface area (Å²) < 4.78 is 16.3. The third-order valence-electron chi connectivity index (χ3n) is 3.98. The highest BCUT2D eigenvalue weighted by molar-refractivity contribution is 5.79. The maximum Gasteiger partial charge on any atom is 0.248 e. The first-order valence-electron chi connectivity index (χ1n) is 9.72. The van der Waals surface area contributed by atoms with Crippen molar-refractivity contribution in [1.29, 1.82) is 0 Å². The molecule has 154 valence electrons. The maximum absolute atomic E-state index is 5.49. The minimum absolute atomic E-state index is 0.193. The lowest BCUT2D eigenvalue weighted by molar-refractivity contribution is 0.0683. The highest BCUT2D eigenvalue weighted by Gasteiger charge is 2.14. The number of guanidine groups is 1. The molecule has 0 aliphatic rings. The Labute approximate surface area is 166 Å². The topological polar surface area (TPSA) is 85.0 Å². The second-order valence-electron chi connectivity index (χ2n) is 6.25. The quantitative estimate of drug-likeness (QED) is 0.493. The number of aromatic nitrogens is 2. The predicted octanol–water partition coefficient (Wildman–Crippen LogP) is 3.16. The van der Waals surface area contributed by atoms with Crippen molar-refractivity contribution < 1.29 is 14.0 Å². The third-order valence-corrected chi connectivity index (χ3v) is 3.98. The molecule has 0 fully saturated rings. The molecule has 8 nitrogen and oxygen atoms in total. The minimum Gasteiger partial charge on any atom is -0.494 e. The molecule has 0 radical (unpaired) electrons. The molecular weight excluding hydrogens is 358 g/mol. The second kappa shape index (κ2) is 11.3. The Bertz CT molecular complexity index is 730. The smallest absolute Gasteiger partial charge is 0.248 e. The number of nitrogens with one attached hydrogen (secondary N) is 1. The molecule has 28 heavy (non-hydrogen) atoms. The van der Waals surface area contributed by atoms with Crippen molar-refractivity contribution in [3.05, 3.63) is 41.5 Å². The normalized spacial score (nSPS) is 12.7. The van der Waals surface area contributed by atoms with Gasteiger partial charge in [0.25, 0.3) is 0 Å². The Morgan fingerprint density at radius 3 is 2.61 bits per heavy atom. The van der Waals surface area contributed by atoms with Crippen LogP contribution in [0.4, 0.5) is 0 Å². The van der Waals surface area contributed by atoms with Gasteiger partial charge in [-0.1, -0.05) is 17.3 Å². The summed E-state index contributed by atoms with van der Waals surface area (Å²) in [6.45, 7) is 10.9. The zero-order valence-electron chi connectivity index (χ0n) is 17.4. The van der Waals surface area contributed by atoms with Gasteiger partial charge in [0.05, 0.1) is 6.61 Å². The molecule has 2 aromatic rings. The molecule has 2 rings (SSSR count). The van der Waals surface area contributed by atoms with Gasteiger partial charge in [-0.15, -0.1) is 0 Å². The lowest BCUT2D eigenvalue weighted by Gasteiger charge is -2.22. The van der Waals surface area contributed by atoms with Crippen molar-refractivity contribution in [3.8, 4) is 5.75 Å². The molecule has 1 atom stereocenters. The Morgan fingerprint density at radius 1 is 1.21 bits per heavy atom. The summed E-state index contributed by atoms with van der Waals surface area (Å²) in [5, 5.41) is 7.26. The zero-order valence-corrected chi connectivity index (χ0v) is 17.4. The van der Waals surface area contributed by atoms with Crippen LogP contribution in [0.3, 0.4) is 0 Å². The third kappa shape index (κ3) is 6.53. The Morgan fingerprint density at radius 2 is 1.96 bits per heavy atom. The Hall–Kier alpha value is -2.61. The first kappa shape index (κ1) is 21.7. The van der Waals surface area contributed by atoms with Crippen LogP contribution >= 0.6 is 0 Å². The number of benzene rings is 1. The van der Waals surface area contributed by atoms with Crippen molar-refractivity contribution in [2.45, 2.75) is 46.9 Å². The molecule has 1 unspecified atom stereocenters. The molecule has 1 aromatic heterocycles. The second-order valence-corrected chi connectivity index (χ2v) is 6.25. The molecule has 1 heterocycles. The molecule has 8 heteroatoms. The monoisotopic (exact) mass is 389 g/mol. The lowest BCUT2D eigenvalue weighted by Crippen LogP contribution is -2.38. The van der Waals surface area contributed by atoms with Crippen molar-refractivity contribution in [2.24, 2.45) is 4.99 Å². The van der Waals surface area contributed by atoms with Gasteiger partial charge in [-0.25, -0.2) is 4.99 Å². The number of hydrogen-bond acceptors (Lipinski definition) is 6. The van der Waals surface area contributed by atoms with E-state index in [2.05, 4.69) is 37.5 Å². The molecule has 0 saturated heterocycles. The molecule has 0 bridgehead atoms. The fraction of sp³-hybridized carbons (Fsp3) is 0.550. The minimum atomic E-state index is -0.193. The average molecular weight is 390 g/mol. The predicted molar refractivity (Wildman–Crippen MR) is 108 cm³/mol. The fourth-order valence-corrected chi connectivity index (χ4v) is 2.64. The standard InChI is InChI=1S/C20H31N5O3/c1-6-21-20(22-13-18-23-19(24-28-18)15(4)26-7-2)25(5)14-16-9-11-17(12-10-16)27-8-3/h9-12,15H,6-8,13-14H2,1-5H3,(H,21,22). The summed E-state index contributed by atoms with van der Waals surface area (Å²) in [5.41, 5.74) is 1.17. The number of nitrogens with zero attached hydrogens (tertiary/aromatic N) is 4. The van der Waals surface area contributed by atoms with Gasteiger partial charge in [-0.05, 0) is 45.4 Å². The molecule has 0 aliphatic heterocycles. The summed E-state index contributed by atoms with van der Waals surface area (Å²) in [6, 6.07) is 8.08. The highest BCUT2D eigenvalue weighted by atomic mass is 16.5. The van der Waals surface area contributed by atoms with Crippen molar-refractivity contribution in [2.75, 3.05) is 26.8 Å². The summed E-state index contributed by atoms with van der Waals surface area (Å²) in [5.74, 6) is 2.66. The number of hydrogen-bond donors (Lipinski definition) is 1.